The molecule has 56 heavy (non-hydrogen) atoms. The molecule has 0 fully saturated rings. The number of nitrogens with one attached hydrogen (secondary N) is 2. The standard InChI is InChI=1S/C38H28F5N3O8S2/c1-53-35-24(14-27(39)32(42)33(35)43)25-12-21-18-8-4-3-7-17(18)11-23(21)31(37(25)56(50,51)52)20-10-6-5-9-19(20)22-13-26-28(15-29(22)46-55(2,48)49)45-34(38(44)47)36(26)54-16-30(40)41/h3-10,12-15,30,45-46H,11,16H2,1-2H3,(H2,44,47)(H,50,51,52). The monoisotopic (exact) mass is 813 g/mol. The molecule has 0 unspecified atom stereocenters. The SMILES string of the molecule is COc1c(-c2cc3c(c(-c4ccccc4-c4cc5c(OCC(F)F)c(C(N)=O)[nH]c5cc4NS(C)(=O)=O)c2S(=O)(=O)O)Cc2ccccc2-3)cc(F)c(F)c1F. The van der Waals surface area contributed by atoms with Crippen molar-refractivity contribution in [3.05, 3.63) is 107 Å². The zero-order chi connectivity index (χ0) is 40.4. The fourth-order valence-electron chi connectivity index (χ4n) is 7.12. The van der Waals surface area contributed by atoms with Gasteiger partial charge in [0, 0.05) is 27.6 Å². The summed E-state index contributed by atoms with van der Waals surface area (Å²) in [5.41, 5.74) is 5.95. The van der Waals surface area contributed by atoms with Gasteiger partial charge in [-0.25, -0.2) is 26.0 Å². The molecule has 0 bridgehead atoms. The Balaban J connectivity index is 1.64. The molecule has 6 aromatic rings. The number of benzene rings is 5. The molecule has 290 valence electrons. The molecule has 1 aliphatic carbocycles. The number of amides is 1. The van der Waals surface area contributed by atoms with Crippen LogP contribution in [0.15, 0.2) is 77.7 Å². The van der Waals surface area contributed by atoms with Gasteiger partial charge in [-0.15, -0.1) is 0 Å². The molecule has 1 aliphatic rings. The Hall–Kier alpha value is -5.98. The molecule has 18 heteroatoms. The van der Waals surface area contributed by atoms with Crippen molar-refractivity contribution in [1.82, 2.24) is 4.98 Å². The number of methoxy groups -OCH3 is 1. The van der Waals surface area contributed by atoms with Crippen molar-refractivity contribution in [1.29, 1.82) is 0 Å². The number of H-pyrrole nitrogens is 1. The van der Waals surface area contributed by atoms with Crippen LogP contribution in [0.25, 0.3) is 55.4 Å². The maximum atomic E-state index is 15.3. The number of halogens is 5. The van der Waals surface area contributed by atoms with Gasteiger partial charge in [0.1, 0.15) is 17.2 Å². The lowest BCUT2D eigenvalue weighted by Crippen LogP contribution is -2.15. The summed E-state index contributed by atoms with van der Waals surface area (Å²) < 4.78 is 148. The summed E-state index contributed by atoms with van der Waals surface area (Å²) in [4.78, 5) is 14.2. The van der Waals surface area contributed by atoms with Gasteiger partial charge in [-0.2, -0.15) is 12.8 Å². The highest BCUT2D eigenvalue weighted by Crippen LogP contribution is 2.52. The van der Waals surface area contributed by atoms with Crippen LogP contribution < -0.4 is 19.9 Å². The Labute approximate surface area is 315 Å². The maximum Gasteiger partial charge on any atom is 0.295 e. The number of rotatable bonds is 11. The number of primary amides is 1. The Morgan fingerprint density at radius 3 is 2.14 bits per heavy atom. The molecule has 11 nitrogen and oxygen atoms in total. The van der Waals surface area contributed by atoms with Crippen molar-refractivity contribution in [2.75, 3.05) is 24.7 Å². The van der Waals surface area contributed by atoms with E-state index < -0.39 is 84.0 Å². The molecule has 7 rings (SSSR count). The summed E-state index contributed by atoms with van der Waals surface area (Å²) >= 11 is 0. The highest BCUT2D eigenvalue weighted by molar-refractivity contribution is 7.92. The van der Waals surface area contributed by atoms with Gasteiger partial charge in [-0.05, 0) is 64.1 Å². The lowest BCUT2D eigenvalue weighted by Gasteiger charge is -2.22. The van der Waals surface area contributed by atoms with E-state index in [1.165, 1.54) is 42.5 Å². The fourth-order valence-corrected chi connectivity index (χ4v) is 8.62. The number of sulfonamides is 1. The smallest absolute Gasteiger partial charge is 0.295 e. The number of anilines is 1. The average Bonchev–Trinajstić information content (AvgIpc) is 3.68. The van der Waals surface area contributed by atoms with E-state index in [1.54, 1.807) is 24.3 Å². The second kappa shape index (κ2) is 13.9. The number of hydrogen-bond donors (Lipinski definition) is 4. The third kappa shape index (κ3) is 6.69. The minimum absolute atomic E-state index is 0.00264. The second-order valence-corrected chi connectivity index (χ2v) is 15.9. The van der Waals surface area contributed by atoms with Crippen molar-refractivity contribution in [2.24, 2.45) is 5.73 Å². The van der Waals surface area contributed by atoms with Gasteiger partial charge in [0.15, 0.2) is 23.1 Å². The molecule has 0 saturated heterocycles. The van der Waals surface area contributed by atoms with E-state index in [0.29, 0.717) is 28.3 Å². The molecule has 1 aromatic heterocycles. The van der Waals surface area contributed by atoms with Crippen LogP contribution in [-0.2, 0) is 26.6 Å². The lowest BCUT2D eigenvalue weighted by molar-refractivity contribution is 0.0807. The van der Waals surface area contributed by atoms with Gasteiger partial charge in [0.05, 0.1) is 24.6 Å². The summed E-state index contributed by atoms with van der Waals surface area (Å²) in [7, 11) is -8.50. The molecule has 1 amide bonds. The van der Waals surface area contributed by atoms with Crippen molar-refractivity contribution in [2.45, 2.75) is 17.7 Å². The molecule has 1 heterocycles. The Morgan fingerprint density at radius 2 is 1.52 bits per heavy atom. The van der Waals surface area contributed by atoms with E-state index in [1.807, 2.05) is 0 Å². The summed E-state index contributed by atoms with van der Waals surface area (Å²) in [5, 5.41) is 0.00620. The van der Waals surface area contributed by atoms with Gasteiger partial charge >= 0.3 is 0 Å². The number of hydrogen-bond acceptors (Lipinski definition) is 7. The highest BCUT2D eigenvalue weighted by atomic mass is 32.2. The summed E-state index contributed by atoms with van der Waals surface area (Å²) in [6.45, 7) is -1.15. The number of aromatic amines is 1. The highest BCUT2D eigenvalue weighted by Gasteiger charge is 2.35. The van der Waals surface area contributed by atoms with E-state index >= 15 is 4.39 Å². The van der Waals surface area contributed by atoms with Gasteiger partial charge < -0.3 is 20.2 Å². The number of carbonyl (C=O) groups is 1. The van der Waals surface area contributed by atoms with Crippen molar-refractivity contribution in [3.8, 4) is 56.0 Å². The number of nitrogens with two attached hydrogens (primary N) is 1. The molecule has 5 N–H and O–H groups in total. The lowest BCUT2D eigenvalue weighted by atomic mass is 9.86. The van der Waals surface area contributed by atoms with Crippen LogP contribution in [0.3, 0.4) is 0 Å². The van der Waals surface area contributed by atoms with Gasteiger partial charge in [0.2, 0.25) is 15.8 Å². The minimum atomic E-state index is -5.38. The van der Waals surface area contributed by atoms with E-state index in [-0.39, 0.29) is 51.0 Å². The quantitative estimate of drug-likeness (QED) is 0.0589. The van der Waals surface area contributed by atoms with E-state index in [2.05, 4.69) is 9.71 Å². The largest absolute Gasteiger partial charge is 0.493 e. The Kier molecular flexibility index (Phi) is 9.54. The van der Waals surface area contributed by atoms with Gasteiger partial charge in [0.25, 0.3) is 22.5 Å². The number of alkyl halides is 2. The van der Waals surface area contributed by atoms with Crippen LogP contribution in [0.4, 0.5) is 27.6 Å². The summed E-state index contributed by atoms with van der Waals surface area (Å²) in [5.74, 6) is -7.65. The minimum Gasteiger partial charge on any atom is -0.493 e. The normalized spacial score (nSPS) is 12.5. The zero-order valence-corrected chi connectivity index (χ0v) is 30.6. The second-order valence-electron chi connectivity index (χ2n) is 12.8. The predicted molar refractivity (Wildman–Crippen MR) is 198 cm³/mol. The first kappa shape index (κ1) is 38.3. The number of carbonyl (C=O) groups excluding carboxylic acids is 1. The van der Waals surface area contributed by atoms with E-state index in [0.717, 1.165) is 13.4 Å². The number of fused-ring (bicyclic) bond motifs is 4. The molecule has 0 atom stereocenters. The van der Waals surface area contributed by atoms with Crippen molar-refractivity contribution < 1.29 is 57.6 Å². The fraction of sp³-hybridized carbons (Fsp3) is 0.132. The number of ether oxygens (including phenoxy) is 2. The Bertz CT molecular complexity index is 2860. The van der Waals surface area contributed by atoms with Gasteiger partial charge in [-0.3, -0.25) is 14.1 Å². The molecular formula is C38H28F5N3O8S2. The first-order chi connectivity index (χ1) is 26.4. The summed E-state index contributed by atoms with van der Waals surface area (Å²) in [6.07, 6.45) is -2.03. The predicted octanol–water partition coefficient (Wildman–Crippen LogP) is 7.53. The van der Waals surface area contributed by atoms with Crippen LogP contribution in [-0.4, -0.2) is 58.7 Å². The molecule has 0 spiro atoms. The first-order valence-corrected chi connectivity index (χ1v) is 19.7. The zero-order valence-electron chi connectivity index (χ0n) is 29.0. The van der Waals surface area contributed by atoms with Gasteiger partial charge in [-0.1, -0.05) is 48.5 Å². The van der Waals surface area contributed by atoms with E-state index in [4.69, 9.17) is 15.2 Å². The van der Waals surface area contributed by atoms with Crippen LogP contribution in [0.5, 0.6) is 11.5 Å². The van der Waals surface area contributed by atoms with Crippen LogP contribution >= 0.6 is 0 Å². The molecule has 0 aliphatic heterocycles. The third-order valence-corrected chi connectivity index (χ3v) is 10.7. The first-order valence-electron chi connectivity index (χ1n) is 16.3. The molecule has 5 aromatic carbocycles. The maximum absolute atomic E-state index is 15.3. The molecular weight excluding hydrogens is 786 g/mol. The van der Waals surface area contributed by atoms with Crippen LogP contribution in [0.2, 0.25) is 0 Å². The van der Waals surface area contributed by atoms with Crippen LogP contribution in [0.1, 0.15) is 21.6 Å². The third-order valence-electron chi connectivity index (χ3n) is 9.20. The average molecular weight is 814 g/mol. The van der Waals surface area contributed by atoms with Crippen molar-refractivity contribution >= 4 is 42.6 Å². The molecule has 0 radical (unpaired) electrons. The summed E-state index contributed by atoms with van der Waals surface area (Å²) in [6, 6.07) is 17.3. The van der Waals surface area contributed by atoms with E-state index in [9.17, 15) is 43.7 Å². The molecule has 0 saturated carbocycles. The Morgan fingerprint density at radius 1 is 0.857 bits per heavy atom. The number of aromatic nitrogens is 1. The topological polar surface area (TPSA) is 178 Å². The van der Waals surface area contributed by atoms with Crippen molar-refractivity contribution in [3.63, 3.8) is 0 Å². The van der Waals surface area contributed by atoms with Crippen LogP contribution in [0, 0.1) is 17.5 Å².